The molecule has 0 bridgehead atoms. The highest BCUT2D eigenvalue weighted by Crippen LogP contribution is 2.31. The van der Waals surface area contributed by atoms with Gasteiger partial charge in [-0.25, -0.2) is 9.59 Å². The van der Waals surface area contributed by atoms with E-state index in [2.05, 4.69) is 45.9 Å². The Hall–Kier alpha value is -4.16. The molecule has 0 saturated heterocycles. The van der Waals surface area contributed by atoms with Crippen molar-refractivity contribution in [1.82, 2.24) is 15.6 Å². The van der Waals surface area contributed by atoms with Gasteiger partial charge in [0.15, 0.2) is 0 Å². The Morgan fingerprint density at radius 3 is 2.04 bits per heavy atom. The Balaban J connectivity index is 0.000000479. The van der Waals surface area contributed by atoms with E-state index in [-0.39, 0.29) is 10.6 Å². The van der Waals surface area contributed by atoms with Crippen LogP contribution in [0.1, 0.15) is 28.4 Å². The lowest BCUT2D eigenvalue weighted by atomic mass is 10.1. The summed E-state index contributed by atoms with van der Waals surface area (Å²) in [7, 11) is 0. The van der Waals surface area contributed by atoms with Gasteiger partial charge in [-0.3, -0.25) is 4.79 Å². The van der Waals surface area contributed by atoms with E-state index < -0.39 is 30.4 Å². The molecule has 262 valence electrons. The third-order valence-corrected chi connectivity index (χ3v) is 7.51. The normalized spacial score (nSPS) is 12.0. The van der Waals surface area contributed by atoms with Gasteiger partial charge in [0.05, 0.1) is 10.8 Å². The van der Waals surface area contributed by atoms with Crippen molar-refractivity contribution in [3.8, 4) is 5.75 Å². The predicted octanol–water partition coefficient (Wildman–Crippen LogP) is 5.41. The number of rotatable bonds is 11. The average molecular weight is 726 g/mol. The molecular weight excluding hydrogens is 696 g/mol. The molecule has 0 fully saturated rings. The van der Waals surface area contributed by atoms with Crippen LogP contribution in [0.5, 0.6) is 5.75 Å². The summed E-state index contributed by atoms with van der Waals surface area (Å²) in [5.74, 6) is -5.50. The summed E-state index contributed by atoms with van der Waals surface area (Å²) in [6.45, 7) is 2.72. The van der Waals surface area contributed by atoms with Crippen molar-refractivity contribution in [3.63, 3.8) is 0 Å². The van der Waals surface area contributed by atoms with Gasteiger partial charge in [0.2, 0.25) is 0 Å². The lowest BCUT2D eigenvalue weighted by molar-refractivity contribution is -0.193. The highest BCUT2D eigenvalue weighted by Gasteiger charge is 2.38. The number of aromatic hydroxyl groups is 1. The topological polar surface area (TPSA) is 172 Å². The first-order chi connectivity index (χ1) is 22.4. The molecule has 1 heterocycles. The molecule has 10 nitrogen and oxygen atoms in total. The number of H-pyrrole nitrogens is 1. The van der Waals surface area contributed by atoms with Crippen LogP contribution < -0.4 is 15.5 Å². The first-order valence-electron chi connectivity index (χ1n) is 13.8. The Morgan fingerprint density at radius 2 is 1.44 bits per heavy atom. The van der Waals surface area contributed by atoms with Crippen LogP contribution in [0.3, 0.4) is 0 Å². The van der Waals surface area contributed by atoms with Gasteiger partial charge in [-0.05, 0) is 54.8 Å². The summed E-state index contributed by atoms with van der Waals surface area (Å²) >= 11 is 7.21. The van der Waals surface area contributed by atoms with Crippen molar-refractivity contribution >= 4 is 45.1 Å². The SMILES string of the molecule is O=C(O)C(F)(F)F.O=C(O)C(F)(F)F.O=c1[nH]c2c(O)ccc([C@@H](O)CNCCc3cccc(CNCCc4ccccc4Cl)c3)c2s1. The van der Waals surface area contributed by atoms with Crippen LogP contribution in [0, 0.1) is 0 Å². The molecular formula is C30H30ClF6N3O7S. The molecule has 0 aliphatic heterocycles. The Morgan fingerprint density at radius 1 is 0.854 bits per heavy atom. The summed E-state index contributed by atoms with van der Waals surface area (Å²) in [6.07, 6.45) is -9.22. The van der Waals surface area contributed by atoms with E-state index in [0.717, 1.165) is 47.9 Å². The minimum absolute atomic E-state index is 0.00972. The van der Waals surface area contributed by atoms with Gasteiger partial charge >= 0.3 is 29.2 Å². The van der Waals surface area contributed by atoms with Crippen LogP contribution in [0.25, 0.3) is 10.2 Å². The van der Waals surface area contributed by atoms with E-state index in [1.807, 2.05) is 18.2 Å². The first kappa shape index (κ1) is 40.0. The number of carboxylic acid groups (broad SMARTS) is 2. The molecule has 3 aromatic carbocycles. The molecule has 18 heteroatoms. The van der Waals surface area contributed by atoms with Crippen LogP contribution in [-0.4, -0.2) is 69.3 Å². The predicted molar refractivity (Wildman–Crippen MR) is 166 cm³/mol. The van der Waals surface area contributed by atoms with E-state index in [1.54, 1.807) is 6.07 Å². The third kappa shape index (κ3) is 13.5. The highest BCUT2D eigenvalue weighted by molar-refractivity contribution is 7.16. The van der Waals surface area contributed by atoms with Crippen molar-refractivity contribution in [3.05, 3.63) is 97.6 Å². The Bertz CT molecular complexity index is 1690. The number of aliphatic hydroxyl groups excluding tert-OH is 1. The lowest BCUT2D eigenvalue weighted by Gasteiger charge is -2.14. The molecule has 0 saturated carbocycles. The largest absolute Gasteiger partial charge is 0.506 e. The molecule has 0 radical (unpaired) electrons. The molecule has 4 rings (SSSR count). The van der Waals surface area contributed by atoms with Crippen LogP contribution in [0.15, 0.2) is 65.5 Å². The second kappa shape index (κ2) is 18.4. The summed E-state index contributed by atoms with van der Waals surface area (Å²) < 4.78 is 64.1. The van der Waals surface area contributed by atoms with E-state index in [4.69, 9.17) is 31.4 Å². The molecule has 1 aromatic heterocycles. The molecule has 0 amide bonds. The Kier molecular flexibility index (Phi) is 15.3. The van der Waals surface area contributed by atoms with Crippen molar-refractivity contribution in [1.29, 1.82) is 0 Å². The first-order valence-corrected chi connectivity index (χ1v) is 14.9. The maximum atomic E-state index is 11.7. The molecule has 0 spiro atoms. The number of fused-ring (bicyclic) bond motifs is 1. The monoisotopic (exact) mass is 725 g/mol. The molecule has 0 unspecified atom stereocenters. The highest BCUT2D eigenvalue weighted by atomic mass is 35.5. The van der Waals surface area contributed by atoms with Crippen molar-refractivity contribution in [2.24, 2.45) is 0 Å². The molecule has 1 atom stereocenters. The summed E-state index contributed by atoms with van der Waals surface area (Å²) in [5, 5.41) is 42.3. The van der Waals surface area contributed by atoms with Crippen molar-refractivity contribution < 1.29 is 56.4 Å². The van der Waals surface area contributed by atoms with Crippen LogP contribution in [0.4, 0.5) is 26.3 Å². The van der Waals surface area contributed by atoms with E-state index in [1.165, 1.54) is 17.2 Å². The number of aromatic amines is 1. The summed E-state index contributed by atoms with van der Waals surface area (Å²) in [5.41, 5.74) is 4.61. The van der Waals surface area contributed by atoms with Crippen molar-refractivity contribution in [2.45, 2.75) is 37.8 Å². The quantitative estimate of drug-likeness (QED) is 0.0789. The number of phenols is 1. The van der Waals surface area contributed by atoms with Crippen LogP contribution in [-0.2, 0) is 29.0 Å². The summed E-state index contributed by atoms with van der Waals surface area (Å²) in [4.78, 5) is 31.8. The number of thiazole rings is 1. The zero-order valence-corrected chi connectivity index (χ0v) is 26.2. The average Bonchev–Trinajstić information content (AvgIpc) is 3.40. The molecule has 0 aliphatic carbocycles. The fraction of sp³-hybridized carbons (Fsp3) is 0.300. The van der Waals surface area contributed by atoms with Crippen LogP contribution >= 0.6 is 22.9 Å². The fourth-order valence-corrected chi connectivity index (χ4v) is 5.08. The number of phenolic OH excluding ortho intramolecular Hbond substituents is 1. The second-order valence-electron chi connectivity index (χ2n) is 9.81. The Labute approximate surface area is 277 Å². The number of carbonyl (C=O) groups is 2. The maximum absolute atomic E-state index is 11.7. The van der Waals surface area contributed by atoms with E-state index >= 15 is 0 Å². The fourth-order valence-electron chi connectivity index (χ4n) is 3.94. The standard InChI is InChI=1S/C26H28ClN3O3S.2C2HF3O2/c27-21-7-2-1-6-19(21)11-13-28-15-18-5-3-4-17(14-18)10-12-29-16-23(32)20-8-9-22(31)24-25(20)34-26(33)30-24;2*3-2(4,5)1(6)7/h1-9,14,23,28-29,31-32H,10-13,15-16H2,(H,30,33);2*(H,6,7)/t23-;;/m0../s1. The number of aromatic nitrogens is 1. The van der Waals surface area contributed by atoms with Gasteiger partial charge in [0, 0.05) is 23.7 Å². The smallest absolute Gasteiger partial charge is 0.490 e. The van der Waals surface area contributed by atoms with Gasteiger partial charge in [0.1, 0.15) is 11.3 Å². The van der Waals surface area contributed by atoms with Gasteiger partial charge in [0.25, 0.3) is 0 Å². The van der Waals surface area contributed by atoms with Gasteiger partial charge in [-0.2, -0.15) is 26.3 Å². The minimum atomic E-state index is -5.08. The van der Waals surface area contributed by atoms with E-state index in [0.29, 0.717) is 28.9 Å². The number of halogens is 7. The number of aliphatic carboxylic acids is 2. The van der Waals surface area contributed by atoms with Gasteiger partial charge < -0.3 is 36.0 Å². The molecule has 4 aromatic rings. The molecule has 0 aliphatic rings. The van der Waals surface area contributed by atoms with Gasteiger partial charge in [-0.1, -0.05) is 71.5 Å². The number of alkyl halides is 6. The zero-order valence-electron chi connectivity index (χ0n) is 24.7. The van der Waals surface area contributed by atoms with Crippen LogP contribution in [0.2, 0.25) is 5.02 Å². The van der Waals surface area contributed by atoms with Crippen molar-refractivity contribution in [2.75, 3.05) is 19.6 Å². The number of hydrogen-bond donors (Lipinski definition) is 7. The minimum Gasteiger partial charge on any atom is -0.506 e. The maximum Gasteiger partial charge on any atom is 0.490 e. The number of benzene rings is 3. The van der Waals surface area contributed by atoms with Gasteiger partial charge in [-0.15, -0.1) is 0 Å². The summed E-state index contributed by atoms with van der Waals surface area (Å²) in [6, 6.07) is 19.6. The number of hydrogen-bond acceptors (Lipinski definition) is 8. The molecule has 7 N–H and O–H groups in total. The third-order valence-electron chi connectivity index (χ3n) is 6.21. The number of aliphatic hydroxyl groups is 1. The van der Waals surface area contributed by atoms with E-state index in [9.17, 15) is 41.4 Å². The lowest BCUT2D eigenvalue weighted by Crippen LogP contribution is -2.24. The number of carboxylic acids is 2. The zero-order chi connectivity index (χ0) is 36.1. The second-order valence-corrected chi connectivity index (χ2v) is 11.2. The molecule has 48 heavy (non-hydrogen) atoms. The number of nitrogens with one attached hydrogen (secondary N) is 3.